The van der Waals surface area contributed by atoms with Crippen LogP contribution in [0, 0.1) is 0 Å². The van der Waals surface area contributed by atoms with Crippen LogP contribution in [0.3, 0.4) is 0 Å². The molecule has 0 amide bonds. The Morgan fingerprint density at radius 3 is 1.89 bits per heavy atom. The van der Waals surface area contributed by atoms with Gasteiger partial charge in [-0.25, -0.2) is 0 Å². The highest BCUT2D eigenvalue weighted by molar-refractivity contribution is 6.14. The SMILES string of the molecule is CC(C)(C)c1ccc2oc3cccc(-c4ccccc4)c3c2c1C(C)(C)C. The van der Waals surface area contributed by atoms with Crippen LogP contribution < -0.4 is 0 Å². The summed E-state index contributed by atoms with van der Waals surface area (Å²) in [5.41, 5.74) is 7.29. The molecule has 0 radical (unpaired) electrons. The monoisotopic (exact) mass is 356 g/mol. The first kappa shape index (κ1) is 17.9. The highest BCUT2D eigenvalue weighted by atomic mass is 16.3. The van der Waals surface area contributed by atoms with Crippen molar-refractivity contribution in [3.63, 3.8) is 0 Å². The van der Waals surface area contributed by atoms with Crippen LogP contribution in [0.4, 0.5) is 0 Å². The molecule has 138 valence electrons. The molecule has 0 spiro atoms. The number of benzene rings is 3. The van der Waals surface area contributed by atoms with E-state index in [9.17, 15) is 0 Å². The summed E-state index contributed by atoms with van der Waals surface area (Å²) in [5.74, 6) is 0. The second kappa shape index (κ2) is 5.99. The lowest BCUT2D eigenvalue weighted by atomic mass is 9.73. The highest BCUT2D eigenvalue weighted by Gasteiger charge is 2.29. The molecule has 0 saturated heterocycles. The standard InChI is InChI=1S/C26H28O/c1-25(2,3)19-15-16-21-23(24(19)26(4,5)6)22-18(13-10-14-20(22)27-21)17-11-8-7-9-12-17/h7-16H,1-6H3. The molecule has 1 aromatic heterocycles. The fourth-order valence-corrected chi connectivity index (χ4v) is 4.17. The molecule has 4 aromatic rings. The molecule has 0 saturated carbocycles. The average molecular weight is 357 g/mol. The van der Waals surface area contributed by atoms with Crippen LogP contribution in [-0.2, 0) is 10.8 Å². The van der Waals surface area contributed by atoms with E-state index in [1.807, 2.05) is 0 Å². The molecule has 3 aromatic carbocycles. The maximum Gasteiger partial charge on any atom is 0.136 e. The molecule has 0 unspecified atom stereocenters. The van der Waals surface area contributed by atoms with Gasteiger partial charge in [0.2, 0.25) is 0 Å². The Labute approximate surface area is 162 Å². The second-order valence-electron chi connectivity index (χ2n) is 9.51. The molecule has 0 atom stereocenters. The summed E-state index contributed by atoms with van der Waals surface area (Å²) in [4.78, 5) is 0. The van der Waals surface area contributed by atoms with E-state index in [-0.39, 0.29) is 10.8 Å². The minimum atomic E-state index is 0.0166. The van der Waals surface area contributed by atoms with Gasteiger partial charge in [-0.15, -0.1) is 0 Å². The van der Waals surface area contributed by atoms with Gasteiger partial charge in [0.1, 0.15) is 11.2 Å². The quantitative estimate of drug-likeness (QED) is 0.338. The Kier molecular flexibility index (Phi) is 3.96. The molecule has 0 bridgehead atoms. The minimum Gasteiger partial charge on any atom is -0.456 e. The van der Waals surface area contributed by atoms with Crippen LogP contribution in [0.2, 0.25) is 0 Å². The largest absolute Gasteiger partial charge is 0.456 e. The summed E-state index contributed by atoms with van der Waals surface area (Å²) in [6.45, 7) is 13.8. The van der Waals surface area contributed by atoms with Crippen LogP contribution in [-0.4, -0.2) is 0 Å². The molecule has 0 N–H and O–H groups in total. The smallest absolute Gasteiger partial charge is 0.136 e. The molecule has 0 aliphatic carbocycles. The summed E-state index contributed by atoms with van der Waals surface area (Å²) in [6.07, 6.45) is 0. The lowest BCUT2D eigenvalue weighted by Gasteiger charge is -2.31. The summed E-state index contributed by atoms with van der Waals surface area (Å²) in [6, 6.07) is 21.4. The first-order valence-electron chi connectivity index (χ1n) is 9.72. The number of rotatable bonds is 1. The first-order chi connectivity index (χ1) is 12.7. The lowest BCUT2D eigenvalue weighted by Crippen LogP contribution is -2.22. The summed E-state index contributed by atoms with van der Waals surface area (Å²) < 4.78 is 6.32. The van der Waals surface area contributed by atoms with Gasteiger partial charge < -0.3 is 4.42 Å². The van der Waals surface area contributed by atoms with Crippen molar-refractivity contribution >= 4 is 21.9 Å². The van der Waals surface area contributed by atoms with E-state index in [1.54, 1.807) is 0 Å². The molecule has 4 rings (SSSR count). The average Bonchev–Trinajstić information content (AvgIpc) is 2.98. The van der Waals surface area contributed by atoms with Gasteiger partial charge in [0.15, 0.2) is 0 Å². The maximum atomic E-state index is 6.32. The fraction of sp³-hybridized carbons (Fsp3) is 0.308. The first-order valence-corrected chi connectivity index (χ1v) is 9.72. The summed E-state index contributed by atoms with van der Waals surface area (Å²) >= 11 is 0. The molecular formula is C26H28O. The number of furan rings is 1. The van der Waals surface area contributed by atoms with Crippen molar-refractivity contribution in [3.8, 4) is 11.1 Å². The topological polar surface area (TPSA) is 13.1 Å². The Morgan fingerprint density at radius 1 is 0.593 bits per heavy atom. The third-order valence-electron chi connectivity index (χ3n) is 5.31. The van der Waals surface area contributed by atoms with Crippen molar-refractivity contribution in [1.82, 2.24) is 0 Å². The predicted octanol–water partition coefficient (Wildman–Crippen LogP) is 7.85. The Hall–Kier alpha value is -2.54. The van der Waals surface area contributed by atoms with Crippen molar-refractivity contribution in [2.75, 3.05) is 0 Å². The number of hydrogen-bond acceptors (Lipinski definition) is 1. The minimum absolute atomic E-state index is 0.0166. The highest BCUT2D eigenvalue weighted by Crippen LogP contribution is 2.45. The van der Waals surface area contributed by atoms with Crippen molar-refractivity contribution in [2.45, 2.75) is 52.4 Å². The van der Waals surface area contributed by atoms with E-state index in [0.29, 0.717) is 0 Å². The van der Waals surface area contributed by atoms with E-state index >= 15 is 0 Å². The Bertz CT molecular complexity index is 1120. The molecule has 27 heavy (non-hydrogen) atoms. The van der Waals surface area contributed by atoms with Crippen LogP contribution in [0.15, 0.2) is 65.1 Å². The Morgan fingerprint density at radius 2 is 1.26 bits per heavy atom. The molecule has 1 heterocycles. The van der Waals surface area contributed by atoms with Crippen molar-refractivity contribution in [1.29, 1.82) is 0 Å². The lowest BCUT2D eigenvalue weighted by molar-refractivity contribution is 0.534. The van der Waals surface area contributed by atoms with Crippen molar-refractivity contribution < 1.29 is 4.42 Å². The van der Waals surface area contributed by atoms with Gasteiger partial charge in [-0.05, 0) is 45.2 Å². The van der Waals surface area contributed by atoms with E-state index in [0.717, 1.165) is 11.2 Å². The summed E-state index contributed by atoms with van der Waals surface area (Å²) in [7, 11) is 0. The maximum absolute atomic E-state index is 6.32. The predicted molar refractivity (Wildman–Crippen MR) is 117 cm³/mol. The molecule has 1 nitrogen and oxygen atoms in total. The number of hydrogen-bond donors (Lipinski definition) is 0. The fourth-order valence-electron chi connectivity index (χ4n) is 4.17. The normalized spacial score (nSPS) is 12.8. The molecule has 0 fully saturated rings. The zero-order valence-corrected chi connectivity index (χ0v) is 17.2. The van der Waals surface area contributed by atoms with Gasteiger partial charge in [-0.2, -0.15) is 0 Å². The third kappa shape index (κ3) is 2.96. The van der Waals surface area contributed by atoms with Gasteiger partial charge in [-0.3, -0.25) is 0 Å². The van der Waals surface area contributed by atoms with E-state index < -0.39 is 0 Å². The zero-order valence-electron chi connectivity index (χ0n) is 17.2. The zero-order chi connectivity index (χ0) is 19.4. The Balaban J connectivity index is 2.23. The number of fused-ring (bicyclic) bond motifs is 3. The van der Waals surface area contributed by atoms with E-state index in [1.165, 1.54) is 33.0 Å². The van der Waals surface area contributed by atoms with E-state index in [4.69, 9.17) is 4.42 Å². The van der Waals surface area contributed by atoms with E-state index in [2.05, 4.69) is 102 Å². The van der Waals surface area contributed by atoms with Gasteiger partial charge in [0.05, 0.1) is 0 Å². The van der Waals surface area contributed by atoms with Gasteiger partial charge in [0.25, 0.3) is 0 Å². The second-order valence-corrected chi connectivity index (χ2v) is 9.51. The summed E-state index contributed by atoms with van der Waals surface area (Å²) in [5, 5.41) is 2.50. The molecule has 1 heteroatoms. The van der Waals surface area contributed by atoms with Crippen LogP contribution in [0.1, 0.15) is 52.7 Å². The van der Waals surface area contributed by atoms with Crippen LogP contribution in [0.5, 0.6) is 0 Å². The van der Waals surface area contributed by atoms with Gasteiger partial charge in [-0.1, -0.05) is 90.1 Å². The van der Waals surface area contributed by atoms with Crippen LogP contribution in [0.25, 0.3) is 33.1 Å². The third-order valence-corrected chi connectivity index (χ3v) is 5.31. The molecule has 0 aliphatic rings. The molecular weight excluding hydrogens is 328 g/mol. The van der Waals surface area contributed by atoms with Gasteiger partial charge in [0, 0.05) is 10.8 Å². The van der Waals surface area contributed by atoms with Crippen LogP contribution >= 0.6 is 0 Å². The van der Waals surface area contributed by atoms with Crippen molar-refractivity contribution in [2.24, 2.45) is 0 Å². The van der Waals surface area contributed by atoms with Crippen molar-refractivity contribution in [3.05, 3.63) is 71.8 Å². The van der Waals surface area contributed by atoms with Gasteiger partial charge >= 0.3 is 0 Å². The molecule has 0 aliphatic heterocycles.